The van der Waals surface area contributed by atoms with Crippen LogP contribution in [0.3, 0.4) is 0 Å². The molecule has 0 aliphatic heterocycles. The van der Waals surface area contributed by atoms with Gasteiger partial charge in [-0.15, -0.1) is 0 Å². The van der Waals surface area contributed by atoms with Gasteiger partial charge in [-0.05, 0) is 47.7 Å². The van der Waals surface area contributed by atoms with Gasteiger partial charge in [-0.2, -0.15) is 0 Å². The summed E-state index contributed by atoms with van der Waals surface area (Å²) in [6.07, 6.45) is -2.33. The first-order valence-corrected chi connectivity index (χ1v) is 7.65. The van der Waals surface area contributed by atoms with Gasteiger partial charge in [0, 0.05) is 0 Å². The summed E-state index contributed by atoms with van der Waals surface area (Å²) in [5.74, 6) is 0. The summed E-state index contributed by atoms with van der Waals surface area (Å²) in [6, 6.07) is 0. The Morgan fingerprint density at radius 3 is 0.750 bits per heavy atom. The highest BCUT2D eigenvalue weighted by molar-refractivity contribution is 5.47. The van der Waals surface area contributed by atoms with E-state index in [0.29, 0.717) is 0 Å². The molecule has 0 heterocycles. The van der Waals surface area contributed by atoms with Crippen molar-refractivity contribution in [2.45, 2.75) is 41.5 Å². The molecule has 0 rings (SSSR count). The minimum absolute atomic E-state index is 1.21. The number of quaternary nitrogens is 2. The summed E-state index contributed by atoms with van der Waals surface area (Å²) >= 11 is 0. The maximum Gasteiger partial charge on any atom is 0.0755 e. The molecule has 0 amide bonds. The van der Waals surface area contributed by atoms with E-state index in [1.54, 1.807) is 0 Å². The molecule has 5 heteroatoms. The van der Waals surface area contributed by atoms with Gasteiger partial charge in [0.15, 0.2) is 0 Å². The van der Waals surface area contributed by atoms with Crippen LogP contribution in [0.1, 0.15) is 41.5 Å². The largest absolute Gasteiger partial charge is 0.652 e. The Morgan fingerprint density at radius 1 is 0.650 bits per heavy atom. The maximum absolute atomic E-state index is 8.33. The molecular weight excluding hydrogens is 256 g/mol. The first-order chi connectivity index (χ1) is 9.10. The minimum atomic E-state index is -2.33. The number of carbonyl (C=O) groups excluding carboxylic acids is 1. The van der Waals surface area contributed by atoms with E-state index in [-0.39, 0.29) is 0 Å². The van der Waals surface area contributed by atoms with Crippen LogP contribution < -0.4 is 10.2 Å². The molecule has 5 nitrogen and oxygen atoms in total. The molecule has 0 saturated heterocycles. The topological polar surface area (TPSA) is 63.2 Å². The van der Waals surface area contributed by atoms with E-state index >= 15 is 0 Å². The Hall–Kier alpha value is -0.810. The first kappa shape index (κ1) is 24.2. The molecule has 0 radical (unpaired) electrons. The van der Waals surface area contributed by atoms with Crippen LogP contribution >= 0.6 is 0 Å². The molecule has 0 aromatic carbocycles. The Labute approximate surface area is 126 Å². The third-order valence-corrected chi connectivity index (χ3v) is 4.58. The molecule has 0 aliphatic carbocycles. The zero-order valence-electron chi connectivity index (χ0n) is 14.9. The first-order valence-electron chi connectivity index (χ1n) is 7.65. The molecule has 0 aliphatic rings. The highest BCUT2D eigenvalue weighted by Crippen LogP contribution is 1.98. The van der Waals surface area contributed by atoms with E-state index in [0.717, 1.165) is 0 Å². The second kappa shape index (κ2) is 13.2. The van der Waals surface area contributed by atoms with Gasteiger partial charge < -0.3 is 24.0 Å². The fourth-order valence-electron chi connectivity index (χ4n) is 1.34. The molecule has 0 spiro atoms. The molecule has 0 aromatic rings. The summed E-state index contributed by atoms with van der Waals surface area (Å²) < 4.78 is 2.42. The Morgan fingerprint density at radius 2 is 0.750 bits per heavy atom. The minimum Gasteiger partial charge on any atom is -0.652 e. The third-order valence-electron chi connectivity index (χ3n) is 4.58. The lowest BCUT2D eigenvalue weighted by Crippen LogP contribution is -2.42. The molecule has 0 atom stereocenters. The van der Waals surface area contributed by atoms with Gasteiger partial charge in [-0.1, -0.05) is 0 Å². The van der Waals surface area contributed by atoms with Crippen molar-refractivity contribution in [2.75, 3.05) is 53.4 Å². The molecule has 0 fully saturated rings. The second-order valence-corrected chi connectivity index (χ2v) is 5.39. The molecule has 0 unspecified atom stereocenters. The Bertz CT molecular complexity index is 187. The lowest BCUT2D eigenvalue weighted by Gasteiger charge is -2.30. The lowest BCUT2D eigenvalue weighted by atomic mass is 10.4. The molecular formula is C15H36N2O3. The molecule has 0 aromatic heterocycles. The van der Waals surface area contributed by atoms with Crippen molar-refractivity contribution in [1.82, 2.24) is 0 Å². The highest BCUT2D eigenvalue weighted by atomic mass is 16.6. The van der Waals surface area contributed by atoms with Gasteiger partial charge in [0.25, 0.3) is 0 Å². The smallest absolute Gasteiger partial charge is 0.0755 e. The third kappa shape index (κ3) is 15.2. The van der Waals surface area contributed by atoms with Crippen LogP contribution in [0.4, 0.5) is 4.79 Å². The standard InChI is InChI=1S/2C7H18N.CH2O3/c2*1-5-8(4,6-2)7-3;2-1(3)4/h2*5-7H2,1-4H3;(H2,2,3,4)/q2*+1;/p-2. The maximum atomic E-state index is 8.33. The number of hydrogen-bond donors (Lipinski definition) is 0. The number of nitrogens with zero attached hydrogens (tertiary/aromatic N) is 2. The summed E-state index contributed by atoms with van der Waals surface area (Å²) in [4.78, 5) is 8.33. The van der Waals surface area contributed by atoms with Crippen LogP contribution in [0, 0.1) is 0 Å². The zero-order chi connectivity index (χ0) is 16.8. The summed E-state index contributed by atoms with van der Waals surface area (Å²) in [5.41, 5.74) is 0. The average Bonchev–Trinajstić information content (AvgIpc) is 2.45. The van der Waals surface area contributed by atoms with Gasteiger partial charge in [0.1, 0.15) is 0 Å². The van der Waals surface area contributed by atoms with Crippen LogP contribution in [0.25, 0.3) is 0 Å². The molecule has 0 bridgehead atoms. The van der Waals surface area contributed by atoms with Crippen molar-refractivity contribution in [3.8, 4) is 0 Å². The summed E-state index contributed by atoms with van der Waals surface area (Å²) in [5, 5.41) is 16.7. The number of carboxylic acid groups (broad SMARTS) is 2. The van der Waals surface area contributed by atoms with Crippen molar-refractivity contribution < 1.29 is 24.0 Å². The van der Waals surface area contributed by atoms with Crippen LogP contribution in [-0.2, 0) is 0 Å². The number of carbonyl (C=O) groups is 1. The average molecular weight is 292 g/mol. The molecule has 0 saturated carbocycles. The van der Waals surface area contributed by atoms with E-state index in [2.05, 4.69) is 55.6 Å². The lowest BCUT2D eigenvalue weighted by molar-refractivity contribution is -0.904. The van der Waals surface area contributed by atoms with E-state index in [4.69, 9.17) is 15.0 Å². The monoisotopic (exact) mass is 292 g/mol. The zero-order valence-corrected chi connectivity index (χ0v) is 14.9. The Balaban J connectivity index is -0.000000230. The van der Waals surface area contributed by atoms with Crippen molar-refractivity contribution in [3.63, 3.8) is 0 Å². The molecule has 124 valence electrons. The Kier molecular flexibility index (Phi) is 16.0. The van der Waals surface area contributed by atoms with E-state index in [9.17, 15) is 0 Å². The second-order valence-electron chi connectivity index (χ2n) is 5.39. The SMILES string of the molecule is CC[N+](C)(CC)CC.CC[N+](C)(CC)CC.O=C([O-])[O-]. The van der Waals surface area contributed by atoms with Crippen molar-refractivity contribution in [3.05, 3.63) is 0 Å². The summed E-state index contributed by atoms with van der Waals surface area (Å²) in [6.45, 7) is 21.0. The van der Waals surface area contributed by atoms with Crippen molar-refractivity contribution in [2.24, 2.45) is 0 Å². The van der Waals surface area contributed by atoms with E-state index in [1.807, 2.05) is 0 Å². The van der Waals surface area contributed by atoms with E-state index in [1.165, 1.54) is 48.2 Å². The van der Waals surface area contributed by atoms with Crippen LogP contribution in [0.5, 0.6) is 0 Å². The van der Waals surface area contributed by atoms with Gasteiger partial charge >= 0.3 is 0 Å². The molecule has 20 heavy (non-hydrogen) atoms. The normalized spacial score (nSPS) is 10.8. The van der Waals surface area contributed by atoms with Gasteiger partial charge in [0.05, 0.1) is 53.4 Å². The highest BCUT2D eigenvalue weighted by Gasteiger charge is 2.11. The quantitative estimate of drug-likeness (QED) is 0.671. The number of rotatable bonds is 6. The number of hydrogen-bond acceptors (Lipinski definition) is 3. The van der Waals surface area contributed by atoms with Crippen LogP contribution in [-0.4, -0.2) is 68.5 Å². The van der Waals surface area contributed by atoms with E-state index < -0.39 is 6.16 Å². The summed E-state index contributed by atoms with van der Waals surface area (Å²) in [7, 11) is 4.58. The fraction of sp³-hybridized carbons (Fsp3) is 0.933. The van der Waals surface area contributed by atoms with Gasteiger partial charge in [-0.3, -0.25) is 0 Å². The van der Waals surface area contributed by atoms with Gasteiger partial charge in [-0.25, -0.2) is 0 Å². The predicted molar refractivity (Wildman–Crippen MR) is 81.0 cm³/mol. The van der Waals surface area contributed by atoms with Crippen molar-refractivity contribution >= 4 is 6.16 Å². The molecule has 0 N–H and O–H groups in total. The van der Waals surface area contributed by atoms with Crippen LogP contribution in [0.2, 0.25) is 0 Å². The van der Waals surface area contributed by atoms with Crippen molar-refractivity contribution in [1.29, 1.82) is 0 Å². The predicted octanol–water partition coefficient (Wildman–Crippen LogP) is 0.538. The van der Waals surface area contributed by atoms with Crippen LogP contribution in [0.15, 0.2) is 0 Å². The fourth-order valence-corrected chi connectivity index (χ4v) is 1.34. The van der Waals surface area contributed by atoms with Gasteiger partial charge in [0.2, 0.25) is 0 Å².